The minimum absolute atomic E-state index is 0.598. The molecular weight excluding hydrogens is 128 g/mol. The molecule has 0 N–H and O–H groups in total. The van der Waals surface area contributed by atoms with Gasteiger partial charge in [-0.2, -0.15) is 12.6 Å². The lowest BCUT2D eigenvalue weighted by molar-refractivity contribution is 0.753. The van der Waals surface area contributed by atoms with Crippen molar-refractivity contribution < 1.29 is 0 Å². The Hall–Kier alpha value is 0.0900. The Kier molecular flexibility index (Phi) is 6.28. The summed E-state index contributed by atoms with van der Waals surface area (Å²) in [5, 5.41) is 0.598. The molecule has 0 spiro atoms. The molecule has 0 fully saturated rings. The van der Waals surface area contributed by atoms with Crippen molar-refractivity contribution in [3.05, 3.63) is 12.2 Å². The smallest absolute Gasteiger partial charge is 0.00171 e. The molecule has 0 bridgehead atoms. The van der Waals surface area contributed by atoms with Crippen LogP contribution in [0.5, 0.6) is 0 Å². The predicted molar refractivity (Wildman–Crippen MR) is 47.1 cm³/mol. The molecule has 0 aromatic heterocycles. The van der Waals surface area contributed by atoms with Crippen LogP contribution in [0.4, 0.5) is 0 Å². The maximum absolute atomic E-state index is 4.37. The highest BCUT2D eigenvalue weighted by atomic mass is 32.1. The molecule has 0 nitrogen and oxygen atoms in total. The Morgan fingerprint density at radius 3 is 2.67 bits per heavy atom. The highest BCUT2D eigenvalue weighted by molar-refractivity contribution is 7.80. The van der Waals surface area contributed by atoms with Crippen molar-refractivity contribution in [2.75, 3.05) is 0 Å². The summed E-state index contributed by atoms with van der Waals surface area (Å²) in [4.78, 5) is 0. The van der Waals surface area contributed by atoms with Crippen LogP contribution in [0, 0.1) is 0 Å². The van der Waals surface area contributed by atoms with Crippen LogP contribution in [0.1, 0.15) is 33.1 Å². The van der Waals surface area contributed by atoms with Crippen LogP contribution in [0.2, 0.25) is 0 Å². The Morgan fingerprint density at radius 2 is 2.22 bits per heavy atom. The molecule has 1 heteroatoms. The highest BCUT2D eigenvalue weighted by Crippen LogP contribution is 2.08. The Balaban J connectivity index is 3.06. The van der Waals surface area contributed by atoms with Gasteiger partial charge in [0.2, 0.25) is 0 Å². The molecule has 0 aromatic rings. The van der Waals surface area contributed by atoms with Crippen molar-refractivity contribution in [2.24, 2.45) is 0 Å². The Bertz CT molecular complexity index is 76.6. The van der Waals surface area contributed by atoms with E-state index in [0.29, 0.717) is 5.25 Å². The van der Waals surface area contributed by atoms with Crippen LogP contribution in [0.25, 0.3) is 0 Å². The number of thiol groups is 1. The topological polar surface area (TPSA) is 0 Å². The van der Waals surface area contributed by atoms with E-state index in [2.05, 4.69) is 38.6 Å². The van der Waals surface area contributed by atoms with E-state index in [9.17, 15) is 0 Å². The molecule has 0 aliphatic heterocycles. The summed E-state index contributed by atoms with van der Waals surface area (Å²) in [6, 6.07) is 0. The van der Waals surface area contributed by atoms with Gasteiger partial charge >= 0.3 is 0 Å². The molecular formula is C8H16S. The minimum atomic E-state index is 0.598. The molecule has 0 saturated heterocycles. The standard InChI is InChI=1S/C8H16S/c1-3-5-6-7-8(9)4-2/h3,5,8-9H,4,6-7H2,1-2H3/b5-3-. The molecule has 0 aliphatic carbocycles. The summed E-state index contributed by atoms with van der Waals surface area (Å²) >= 11 is 4.37. The second-order valence-corrected chi connectivity index (χ2v) is 2.94. The molecule has 9 heavy (non-hydrogen) atoms. The fraction of sp³-hybridized carbons (Fsp3) is 0.750. The largest absolute Gasteiger partial charge is 0.176 e. The summed E-state index contributed by atoms with van der Waals surface area (Å²) in [5.74, 6) is 0. The number of rotatable bonds is 4. The van der Waals surface area contributed by atoms with E-state index in [0.717, 1.165) is 0 Å². The van der Waals surface area contributed by atoms with Gasteiger partial charge in [-0.05, 0) is 26.2 Å². The first-order valence-corrected chi connectivity index (χ1v) is 4.12. The van der Waals surface area contributed by atoms with Gasteiger partial charge in [0.05, 0.1) is 0 Å². The van der Waals surface area contributed by atoms with Crippen molar-refractivity contribution in [1.82, 2.24) is 0 Å². The lowest BCUT2D eigenvalue weighted by Gasteiger charge is -2.02. The molecule has 0 aromatic carbocycles. The zero-order chi connectivity index (χ0) is 7.11. The summed E-state index contributed by atoms with van der Waals surface area (Å²) in [6.07, 6.45) is 7.86. The van der Waals surface area contributed by atoms with Crippen molar-refractivity contribution in [2.45, 2.75) is 38.4 Å². The third-order valence-corrected chi connectivity index (χ3v) is 2.00. The van der Waals surface area contributed by atoms with Crippen LogP contribution in [-0.2, 0) is 0 Å². The van der Waals surface area contributed by atoms with Gasteiger partial charge in [-0.1, -0.05) is 19.1 Å². The molecule has 54 valence electrons. The van der Waals surface area contributed by atoms with Gasteiger partial charge in [-0.3, -0.25) is 0 Å². The quantitative estimate of drug-likeness (QED) is 0.455. The van der Waals surface area contributed by atoms with Gasteiger partial charge < -0.3 is 0 Å². The minimum Gasteiger partial charge on any atom is -0.176 e. The fourth-order valence-corrected chi connectivity index (χ4v) is 0.808. The van der Waals surface area contributed by atoms with Gasteiger partial charge in [-0.15, -0.1) is 0 Å². The maximum atomic E-state index is 4.37. The van der Waals surface area contributed by atoms with Crippen LogP contribution in [0.15, 0.2) is 12.2 Å². The third kappa shape index (κ3) is 5.97. The molecule has 1 atom stereocenters. The highest BCUT2D eigenvalue weighted by Gasteiger charge is 1.94. The summed E-state index contributed by atoms with van der Waals surface area (Å²) in [6.45, 7) is 4.23. The SMILES string of the molecule is C/C=C\CCC(S)CC. The summed E-state index contributed by atoms with van der Waals surface area (Å²) in [7, 11) is 0. The first kappa shape index (κ1) is 9.09. The molecule has 0 amide bonds. The fourth-order valence-electron chi connectivity index (χ4n) is 0.659. The van der Waals surface area contributed by atoms with E-state index in [1.165, 1.54) is 19.3 Å². The zero-order valence-corrected chi connectivity index (χ0v) is 7.20. The van der Waals surface area contributed by atoms with Crippen molar-refractivity contribution in [1.29, 1.82) is 0 Å². The van der Waals surface area contributed by atoms with Crippen LogP contribution in [-0.4, -0.2) is 5.25 Å². The Labute approximate surface area is 63.8 Å². The van der Waals surface area contributed by atoms with E-state index in [-0.39, 0.29) is 0 Å². The number of hydrogen-bond donors (Lipinski definition) is 1. The van der Waals surface area contributed by atoms with Gasteiger partial charge in [0.25, 0.3) is 0 Å². The third-order valence-electron chi connectivity index (χ3n) is 1.37. The van der Waals surface area contributed by atoms with Crippen LogP contribution in [0.3, 0.4) is 0 Å². The van der Waals surface area contributed by atoms with Gasteiger partial charge in [0.15, 0.2) is 0 Å². The van der Waals surface area contributed by atoms with E-state index in [4.69, 9.17) is 0 Å². The average molecular weight is 144 g/mol. The van der Waals surface area contributed by atoms with Gasteiger partial charge in [-0.25, -0.2) is 0 Å². The first-order valence-electron chi connectivity index (χ1n) is 3.60. The molecule has 0 rings (SSSR count). The maximum Gasteiger partial charge on any atom is 0.00171 e. The summed E-state index contributed by atoms with van der Waals surface area (Å²) in [5.41, 5.74) is 0. The average Bonchev–Trinajstić information content (AvgIpc) is 1.89. The van der Waals surface area contributed by atoms with Crippen molar-refractivity contribution >= 4 is 12.6 Å². The van der Waals surface area contributed by atoms with E-state index in [1.807, 2.05) is 0 Å². The van der Waals surface area contributed by atoms with E-state index < -0.39 is 0 Å². The van der Waals surface area contributed by atoms with Crippen LogP contribution >= 0.6 is 12.6 Å². The summed E-state index contributed by atoms with van der Waals surface area (Å²) < 4.78 is 0. The normalized spacial score (nSPS) is 14.6. The second-order valence-electron chi connectivity index (χ2n) is 2.21. The van der Waals surface area contributed by atoms with E-state index >= 15 is 0 Å². The zero-order valence-electron chi connectivity index (χ0n) is 6.30. The number of hydrogen-bond acceptors (Lipinski definition) is 1. The molecule has 0 heterocycles. The molecule has 1 unspecified atom stereocenters. The lowest BCUT2D eigenvalue weighted by atomic mass is 10.2. The predicted octanol–water partition coefficient (Wildman–Crippen LogP) is 3.05. The van der Waals surface area contributed by atoms with Crippen molar-refractivity contribution in [3.63, 3.8) is 0 Å². The molecule has 0 radical (unpaired) electrons. The number of allylic oxidation sites excluding steroid dienone is 2. The lowest BCUT2D eigenvalue weighted by Crippen LogP contribution is -1.93. The van der Waals surface area contributed by atoms with Crippen molar-refractivity contribution in [3.8, 4) is 0 Å². The van der Waals surface area contributed by atoms with Gasteiger partial charge in [0.1, 0.15) is 0 Å². The second kappa shape index (κ2) is 6.21. The van der Waals surface area contributed by atoms with Gasteiger partial charge in [0, 0.05) is 5.25 Å². The molecule has 0 saturated carbocycles. The Morgan fingerprint density at radius 1 is 1.56 bits per heavy atom. The van der Waals surface area contributed by atoms with E-state index in [1.54, 1.807) is 0 Å². The monoisotopic (exact) mass is 144 g/mol. The first-order chi connectivity index (χ1) is 4.31. The van der Waals surface area contributed by atoms with Crippen LogP contribution < -0.4 is 0 Å². The molecule has 0 aliphatic rings.